The van der Waals surface area contributed by atoms with Gasteiger partial charge in [-0.2, -0.15) is 0 Å². The molecule has 0 saturated heterocycles. The first kappa shape index (κ1) is 10.2. The maximum atomic E-state index is 5.89. The summed E-state index contributed by atoms with van der Waals surface area (Å²) in [6.07, 6.45) is 0. The molecule has 1 aliphatic rings. The first-order valence-corrected chi connectivity index (χ1v) is 5.80. The van der Waals surface area contributed by atoms with Crippen LogP contribution in [0, 0.1) is 0 Å². The van der Waals surface area contributed by atoms with Crippen LogP contribution in [-0.4, -0.2) is 0 Å². The SMILES string of the molecule is CC1(C)c2cc(N)ccc2-c2ccc(N)cc21. The zero-order valence-electron chi connectivity index (χ0n) is 10.1. The topological polar surface area (TPSA) is 52.0 Å². The third kappa shape index (κ3) is 1.27. The van der Waals surface area contributed by atoms with E-state index < -0.39 is 0 Å². The van der Waals surface area contributed by atoms with Crippen molar-refractivity contribution in [1.29, 1.82) is 0 Å². The molecule has 0 aromatic heterocycles. The van der Waals surface area contributed by atoms with E-state index in [-0.39, 0.29) is 5.41 Å². The summed E-state index contributed by atoms with van der Waals surface area (Å²) in [5.41, 5.74) is 18.5. The molecule has 2 heteroatoms. The van der Waals surface area contributed by atoms with Gasteiger partial charge in [-0.05, 0) is 46.5 Å². The zero-order valence-corrected chi connectivity index (χ0v) is 10.1. The van der Waals surface area contributed by atoms with Crippen molar-refractivity contribution in [3.05, 3.63) is 47.5 Å². The fraction of sp³-hybridized carbons (Fsp3) is 0.200. The molecule has 0 aliphatic heterocycles. The van der Waals surface area contributed by atoms with Gasteiger partial charge < -0.3 is 11.5 Å². The van der Waals surface area contributed by atoms with Crippen LogP contribution >= 0.6 is 0 Å². The summed E-state index contributed by atoms with van der Waals surface area (Å²) in [5, 5.41) is 0. The Morgan fingerprint density at radius 3 is 1.59 bits per heavy atom. The Balaban J connectivity index is 2.37. The fourth-order valence-corrected chi connectivity index (χ4v) is 2.77. The highest BCUT2D eigenvalue weighted by Crippen LogP contribution is 2.49. The molecule has 0 amide bonds. The Morgan fingerprint density at radius 1 is 0.765 bits per heavy atom. The van der Waals surface area contributed by atoms with Crippen LogP contribution in [0.15, 0.2) is 36.4 Å². The highest BCUT2D eigenvalue weighted by atomic mass is 14.6. The number of benzene rings is 2. The van der Waals surface area contributed by atoms with Gasteiger partial charge in [0.2, 0.25) is 0 Å². The number of hydrogen-bond acceptors (Lipinski definition) is 2. The van der Waals surface area contributed by atoms with Gasteiger partial charge in [0.1, 0.15) is 0 Å². The molecule has 0 unspecified atom stereocenters. The van der Waals surface area contributed by atoms with Crippen LogP contribution < -0.4 is 11.5 Å². The molecule has 86 valence electrons. The van der Waals surface area contributed by atoms with Crippen molar-refractivity contribution in [2.75, 3.05) is 11.5 Å². The second-order valence-corrected chi connectivity index (χ2v) is 5.24. The van der Waals surface area contributed by atoms with Crippen molar-refractivity contribution in [1.82, 2.24) is 0 Å². The number of nitrogens with two attached hydrogens (primary N) is 2. The van der Waals surface area contributed by atoms with Crippen LogP contribution in [0.5, 0.6) is 0 Å². The maximum Gasteiger partial charge on any atom is 0.0317 e. The van der Waals surface area contributed by atoms with E-state index >= 15 is 0 Å². The van der Waals surface area contributed by atoms with Gasteiger partial charge in [-0.1, -0.05) is 26.0 Å². The lowest BCUT2D eigenvalue weighted by Gasteiger charge is -2.21. The third-order valence-electron chi connectivity index (χ3n) is 3.72. The molecule has 1 aliphatic carbocycles. The maximum absolute atomic E-state index is 5.89. The van der Waals surface area contributed by atoms with Crippen LogP contribution in [0.4, 0.5) is 11.4 Å². The second-order valence-electron chi connectivity index (χ2n) is 5.24. The zero-order chi connectivity index (χ0) is 12.2. The second kappa shape index (κ2) is 3.04. The predicted molar refractivity (Wildman–Crippen MR) is 72.8 cm³/mol. The molecule has 0 spiro atoms. The van der Waals surface area contributed by atoms with Gasteiger partial charge in [0, 0.05) is 16.8 Å². The average molecular weight is 224 g/mol. The fourth-order valence-electron chi connectivity index (χ4n) is 2.77. The molecule has 0 saturated carbocycles. The first-order chi connectivity index (χ1) is 8.00. The third-order valence-corrected chi connectivity index (χ3v) is 3.72. The highest BCUT2D eigenvalue weighted by molar-refractivity contribution is 5.83. The Morgan fingerprint density at radius 2 is 1.18 bits per heavy atom. The van der Waals surface area contributed by atoms with Gasteiger partial charge in [0.15, 0.2) is 0 Å². The summed E-state index contributed by atoms with van der Waals surface area (Å²) in [6, 6.07) is 12.3. The van der Waals surface area contributed by atoms with Gasteiger partial charge in [-0.25, -0.2) is 0 Å². The molecule has 0 heterocycles. The van der Waals surface area contributed by atoms with E-state index in [9.17, 15) is 0 Å². The lowest BCUT2D eigenvalue weighted by molar-refractivity contribution is 0.661. The standard InChI is InChI=1S/C15H16N2/c1-15(2)13-7-9(16)3-5-11(13)12-6-4-10(17)8-14(12)15/h3-8H,16-17H2,1-2H3. The van der Waals surface area contributed by atoms with E-state index in [1.54, 1.807) is 0 Å². The number of anilines is 2. The monoisotopic (exact) mass is 224 g/mol. The van der Waals surface area contributed by atoms with E-state index in [0.717, 1.165) is 11.4 Å². The van der Waals surface area contributed by atoms with E-state index in [0.29, 0.717) is 0 Å². The summed E-state index contributed by atoms with van der Waals surface area (Å²) < 4.78 is 0. The largest absolute Gasteiger partial charge is 0.399 e. The van der Waals surface area contributed by atoms with Gasteiger partial charge in [-0.15, -0.1) is 0 Å². The first-order valence-electron chi connectivity index (χ1n) is 5.80. The molecule has 2 nitrogen and oxygen atoms in total. The van der Waals surface area contributed by atoms with Crippen molar-refractivity contribution >= 4 is 11.4 Å². The Labute approximate surface area is 101 Å². The number of hydrogen-bond donors (Lipinski definition) is 2. The molecular weight excluding hydrogens is 208 g/mol. The lowest BCUT2D eigenvalue weighted by Crippen LogP contribution is -2.15. The van der Waals surface area contributed by atoms with Gasteiger partial charge in [-0.3, -0.25) is 0 Å². The predicted octanol–water partition coefficient (Wildman–Crippen LogP) is 3.16. The molecule has 2 aromatic rings. The number of nitrogen functional groups attached to an aromatic ring is 2. The summed E-state index contributed by atoms with van der Waals surface area (Å²) >= 11 is 0. The minimum atomic E-state index is -0.0184. The van der Waals surface area contributed by atoms with E-state index in [2.05, 4.69) is 38.1 Å². The number of rotatable bonds is 0. The van der Waals surface area contributed by atoms with Crippen molar-refractivity contribution in [3.8, 4) is 11.1 Å². The summed E-state index contributed by atoms with van der Waals surface area (Å²) in [5.74, 6) is 0. The summed E-state index contributed by atoms with van der Waals surface area (Å²) in [4.78, 5) is 0. The van der Waals surface area contributed by atoms with Crippen molar-refractivity contribution in [2.45, 2.75) is 19.3 Å². The van der Waals surface area contributed by atoms with E-state index in [1.807, 2.05) is 12.1 Å². The molecule has 0 fully saturated rings. The quantitative estimate of drug-likeness (QED) is 0.675. The van der Waals surface area contributed by atoms with Crippen LogP contribution in [-0.2, 0) is 5.41 Å². The smallest absolute Gasteiger partial charge is 0.0317 e. The van der Waals surface area contributed by atoms with Crippen LogP contribution in [0.2, 0.25) is 0 Å². The van der Waals surface area contributed by atoms with E-state index in [4.69, 9.17) is 11.5 Å². The lowest BCUT2D eigenvalue weighted by atomic mass is 9.82. The Bertz CT molecular complexity index is 559. The molecule has 0 radical (unpaired) electrons. The molecule has 2 aromatic carbocycles. The molecule has 0 bridgehead atoms. The Hall–Kier alpha value is -1.96. The van der Waals surface area contributed by atoms with Crippen molar-refractivity contribution in [3.63, 3.8) is 0 Å². The van der Waals surface area contributed by atoms with Gasteiger partial charge in [0.25, 0.3) is 0 Å². The molecule has 0 atom stereocenters. The molecule has 17 heavy (non-hydrogen) atoms. The van der Waals surface area contributed by atoms with Gasteiger partial charge >= 0.3 is 0 Å². The molecule has 4 N–H and O–H groups in total. The van der Waals surface area contributed by atoms with Crippen LogP contribution in [0.3, 0.4) is 0 Å². The summed E-state index contributed by atoms with van der Waals surface area (Å²) in [6.45, 7) is 4.44. The normalized spacial score (nSPS) is 15.4. The Kier molecular flexibility index (Phi) is 1.82. The van der Waals surface area contributed by atoms with Crippen LogP contribution in [0.25, 0.3) is 11.1 Å². The van der Waals surface area contributed by atoms with Crippen LogP contribution in [0.1, 0.15) is 25.0 Å². The van der Waals surface area contributed by atoms with Gasteiger partial charge in [0.05, 0.1) is 0 Å². The summed E-state index contributed by atoms with van der Waals surface area (Å²) in [7, 11) is 0. The molecule has 3 rings (SSSR count). The minimum absolute atomic E-state index is 0.0184. The number of fused-ring (bicyclic) bond motifs is 3. The molecular formula is C15H16N2. The highest BCUT2D eigenvalue weighted by Gasteiger charge is 2.35. The van der Waals surface area contributed by atoms with Crippen molar-refractivity contribution in [2.24, 2.45) is 0 Å². The average Bonchev–Trinajstić information content (AvgIpc) is 2.49. The van der Waals surface area contributed by atoms with E-state index in [1.165, 1.54) is 22.3 Å². The minimum Gasteiger partial charge on any atom is -0.399 e. The van der Waals surface area contributed by atoms with Crippen molar-refractivity contribution < 1.29 is 0 Å².